The van der Waals surface area contributed by atoms with Crippen LogP contribution in [-0.4, -0.2) is 42.2 Å². The number of thioether (sulfide) groups is 1. The second-order valence-corrected chi connectivity index (χ2v) is 8.15. The van der Waals surface area contributed by atoms with Gasteiger partial charge in [0.15, 0.2) is 5.78 Å². The lowest BCUT2D eigenvalue weighted by Crippen LogP contribution is -2.08. The van der Waals surface area contributed by atoms with Crippen molar-refractivity contribution in [1.29, 1.82) is 0 Å². The molecular weight excluding hydrogens is 388 g/mol. The lowest BCUT2D eigenvalue weighted by molar-refractivity contribution is -0.114. The van der Waals surface area contributed by atoms with Crippen molar-refractivity contribution < 1.29 is 9.59 Å². The third kappa shape index (κ3) is 4.09. The summed E-state index contributed by atoms with van der Waals surface area (Å²) in [5, 5.41) is 15.1. The van der Waals surface area contributed by atoms with Crippen LogP contribution in [0.1, 0.15) is 47.6 Å². The number of rotatable bonds is 7. The van der Waals surface area contributed by atoms with E-state index >= 15 is 0 Å². The van der Waals surface area contributed by atoms with Crippen LogP contribution in [0.3, 0.4) is 0 Å². The van der Waals surface area contributed by atoms with Gasteiger partial charge in [0.2, 0.25) is 11.1 Å². The molecule has 3 aromatic rings. The number of nitrogens with one attached hydrogen (secondary N) is 1. The lowest BCUT2D eigenvalue weighted by atomic mass is 10.2. The molecule has 1 aliphatic carbocycles. The maximum atomic E-state index is 12.8. The fourth-order valence-electron chi connectivity index (χ4n) is 3.51. The normalized spacial score (nSPS) is 13.5. The molecule has 1 N–H and O–H groups in total. The van der Waals surface area contributed by atoms with Crippen LogP contribution in [0.5, 0.6) is 0 Å². The zero-order chi connectivity index (χ0) is 20.5. The summed E-state index contributed by atoms with van der Waals surface area (Å²) in [6, 6.07) is 9.77. The summed E-state index contributed by atoms with van der Waals surface area (Å²) >= 11 is 1.30. The zero-order valence-electron chi connectivity index (χ0n) is 16.5. The number of hydrogen-bond donors (Lipinski definition) is 1. The SMILES string of the molecule is CC(=O)Nc1cccc(-n2nnnc2SCC(=O)c2cc(C)n(C3CC3)c2C)c1. The number of hydrogen-bond acceptors (Lipinski definition) is 6. The fraction of sp³-hybridized carbons (Fsp3) is 0.350. The van der Waals surface area contributed by atoms with E-state index in [2.05, 4.69) is 32.3 Å². The van der Waals surface area contributed by atoms with Crippen LogP contribution in [0.15, 0.2) is 35.5 Å². The number of Topliss-reactive ketones (excluding diaryl/α,β-unsaturated/α-hetero) is 1. The minimum Gasteiger partial charge on any atom is -0.345 e. The van der Waals surface area contributed by atoms with Crippen molar-refractivity contribution in [2.24, 2.45) is 0 Å². The van der Waals surface area contributed by atoms with Gasteiger partial charge in [-0.15, -0.1) is 5.10 Å². The minimum absolute atomic E-state index is 0.0662. The highest BCUT2D eigenvalue weighted by Crippen LogP contribution is 2.38. The number of benzene rings is 1. The second kappa shape index (κ2) is 7.82. The molecule has 29 heavy (non-hydrogen) atoms. The van der Waals surface area contributed by atoms with Crippen LogP contribution in [0.25, 0.3) is 5.69 Å². The largest absolute Gasteiger partial charge is 0.345 e. The van der Waals surface area contributed by atoms with E-state index in [-0.39, 0.29) is 17.4 Å². The Hall–Kier alpha value is -2.94. The van der Waals surface area contributed by atoms with E-state index < -0.39 is 0 Å². The molecule has 150 valence electrons. The molecule has 8 nitrogen and oxygen atoms in total. The van der Waals surface area contributed by atoms with Crippen LogP contribution in [0, 0.1) is 13.8 Å². The molecule has 0 bridgehead atoms. The first-order valence-electron chi connectivity index (χ1n) is 9.45. The molecule has 1 fully saturated rings. The third-order valence-corrected chi connectivity index (χ3v) is 5.80. The van der Waals surface area contributed by atoms with Gasteiger partial charge in [-0.05, 0) is 61.4 Å². The number of carbonyl (C=O) groups is 2. The standard InChI is InChI=1S/C20H22N6O2S/c1-12-9-18(13(2)25(12)16-7-8-16)19(28)11-29-20-22-23-24-26(20)17-6-4-5-15(10-17)21-14(3)27/h4-6,9-10,16H,7-8,11H2,1-3H3,(H,21,27). The van der Waals surface area contributed by atoms with E-state index in [0.717, 1.165) is 17.0 Å². The third-order valence-electron chi connectivity index (χ3n) is 4.88. The number of amides is 1. The average Bonchev–Trinajstić information content (AvgIpc) is 3.31. The van der Waals surface area contributed by atoms with Gasteiger partial charge in [0.25, 0.3) is 0 Å². The van der Waals surface area contributed by atoms with Crippen LogP contribution >= 0.6 is 11.8 Å². The maximum absolute atomic E-state index is 12.8. The van der Waals surface area contributed by atoms with Crippen molar-refractivity contribution in [3.8, 4) is 5.69 Å². The Bertz CT molecular complexity index is 1080. The molecule has 2 aromatic heterocycles. The molecule has 2 heterocycles. The molecular formula is C20H22N6O2S. The average molecular weight is 411 g/mol. The highest BCUT2D eigenvalue weighted by molar-refractivity contribution is 7.99. The fourth-order valence-corrected chi connectivity index (χ4v) is 4.29. The second-order valence-electron chi connectivity index (χ2n) is 7.20. The van der Waals surface area contributed by atoms with Gasteiger partial charge in [-0.25, -0.2) is 0 Å². The summed E-state index contributed by atoms with van der Waals surface area (Å²) in [4.78, 5) is 24.1. The molecule has 4 rings (SSSR count). The smallest absolute Gasteiger partial charge is 0.221 e. The molecule has 1 saturated carbocycles. The summed E-state index contributed by atoms with van der Waals surface area (Å²) in [5.74, 6) is 0.167. The van der Waals surface area contributed by atoms with Gasteiger partial charge in [-0.2, -0.15) is 4.68 Å². The van der Waals surface area contributed by atoms with Crippen molar-refractivity contribution in [1.82, 2.24) is 24.8 Å². The van der Waals surface area contributed by atoms with Crippen LogP contribution in [0.2, 0.25) is 0 Å². The van der Waals surface area contributed by atoms with E-state index in [1.807, 2.05) is 25.1 Å². The molecule has 1 aliphatic rings. The number of anilines is 1. The zero-order valence-corrected chi connectivity index (χ0v) is 17.4. The van der Waals surface area contributed by atoms with Crippen LogP contribution in [0.4, 0.5) is 5.69 Å². The number of nitrogens with zero attached hydrogens (tertiary/aromatic N) is 5. The first-order valence-corrected chi connectivity index (χ1v) is 10.4. The topological polar surface area (TPSA) is 94.7 Å². The number of aromatic nitrogens is 5. The maximum Gasteiger partial charge on any atom is 0.221 e. The Balaban J connectivity index is 1.50. The van der Waals surface area contributed by atoms with Gasteiger partial charge < -0.3 is 9.88 Å². The van der Waals surface area contributed by atoms with Crippen LogP contribution < -0.4 is 5.32 Å². The minimum atomic E-state index is -0.150. The summed E-state index contributed by atoms with van der Waals surface area (Å²) in [7, 11) is 0. The molecule has 0 saturated heterocycles. The van der Waals surface area contributed by atoms with Gasteiger partial charge in [0.1, 0.15) is 0 Å². The molecule has 0 aliphatic heterocycles. The Kier molecular flexibility index (Phi) is 5.23. The number of ketones is 1. The Labute approximate surface area is 172 Å². The predicted octanol–water partition coefficient (Wildman–Crippen LogP) is 3.35. The van der Waals surface area contributed by atoms with E-state index in [1.54, 1.807) is 16.8 Å². The van der Waals surface area contributed by atoms with E-state index in [9.17, 15) is 9.59 Å². The van der Waals surface area contributed by atoms with Gasteiger partial charge in [-0.3, -0.25) is 9.59 Å². The molecule has 0 spiro atoms. The number of aryl methyl sites for hydroxylation is 1. The number of tetrazole rings is 1. The van der Waals surface area contributed by atoms with Crippen molar-refractivity contribution in [3.63, 3.8) is 0 Å². The molecule has 9 heteroatoms. The lowest BCUT2D eigenvalue weighted by Gasteiger charge is -2.08. The summed E-state index contributed by atoms with van der Waals surface area (Å²) < 4.78 is 3.84. The summed E-state index contributed by atoms with van der Waals surface area (Å²) in [5.41, 5.74) is 4.32. The highest BCUT2D eigenvalue weighted by Gasteiger charge is 2.28. The van der Waals surface area contributed by atoms with Gasteiger partial charge in [0.05, 0.1) is 11.4 Å². The quantitative estimate of drug-likeness (QED) is 0.474. The van der Waals surface area contributed by atoms with Gasteiger partial charge in [-0.1, -0.05) is 17.8 Å². The van der Waals surface area contributed by atoms with Gasteiger partial charge in [0, 0.05) is 35.6 Å². The Morgan fingerprint density at radius 1 is 1.24 bits per heavy atom. The summed E-state index contributed by atoms with van der Waals surface area (Å²) in [6.45, 7) is 5.52. The van der Waals surface area contributed by atoms with Gasteiger partial charge >= 0.3 is 0 Å². The molecule has 1 aromatic carbocycles. The molecule has 0 unspecified atom stereocenters. The monoisotopic (exact) mass is 410 g/mol. The van der Waals surface area contributed by atoms with Crippen molar-refractivity contribution in [3.05, 3.63) is 47.3 Å². The predicted molar refractivity (Wildman–Crippen MR) is 111 cm³/mol. The van der Waals surface area contributed by atoms with Crippen molar-refractivity contribution in [2.45, 2.75) is 44.8 Å². The first kappa shape index (κ1) is 19.4. The Morgan fingerprint density at radius 3 is 2.76 bits per heavy atom. The molecule has 0 atom stereocenters. The highest BCUT2D eigenvalue weighted by atomic mass is 32.2. The Morgan fingerprint density at radius 2 is 2.03 bits per heavy atom. The van der Waals surface area contributed by atoms with E-state index in [1.165, 1.54) is 31.5 Å². The first-order chi connectivity index (χ1) is 13.9. The molecule has 1 amide bonds. The van der Waals surface area contributed by atoms with Crippen LogP contribution in [-0.2, 0) is 4.79 Å². The van der Waals surface area contributed by atoms with E-state index in [4.69, 9.17) is 0 Å². The van der Waals surface area contributed by atoms with E-state index in [0.29, 0.717) is 22.6 Å². The molecule has 0 radical (unpaired) electrons. The number of carbonyl (C=O) groups excluding carboxylic acids is 2. The summed E-state index contributed by atoms with van der Waals surface area (Å²) in [6.07, 6.45) is 2.37. The van der Waals surface area contributed by atoms with Crippen molar-refractivity contribution >= 4 is 29.1 Å². The van der Waals surface area contributed by atoms with Crippen molar-refractivity contribution in [2.75, 3.05) is 11.1 Å².